The molecular formula is C14H16ClN3O2. The largest absolute Gasteiger partial charge is 0.440 e. The predicted octanol–water partition coefficient (Wildman–Crippen LogP) is 2.82. The van der Waals surface area contributed by atoms with Crippen molar-refractivity contribution in [2.75, 3.05) is 6.54 Å². The molecule has 1 amide bonds. The van der Waals surface area contributed by atoms with Gasteiger partial charge < -0.3 is 9.32 Å². The first-order valence-corrected chi connectivity index (χ1v) is 7.15. The highest BCUT2D eigenvalue weighted by molar-refractivity contribution is 6.29. The number of hydrogen-bond donors (Lipinski definition) is 0. The maximum absolute atomic E-state index is 12.5. The van der Waals surface area contributed by atoms with E-state index in [0.717, 1.165) is 25.8 Å². The number of carbonyl (C=O) groups excluding carboxylic acids is 1. The molecule has 0 saturated carbocycles. The molecule has 3 rings (SSSR count). The highest BCUT2D eigenvalue weighted by Crippen LogP contribution is 2.22. The van der Waals surface area contributed by atoms with Gasteiger partial charge in [0, 0.05) is 18.9 Å². The van der Waals surface area contributed by atoms with Gasteiger partial charge in [-0.05, 0) is 49.1 Å². The Labute approximate surface area is 122 Å². The van der Waals surface area contributed by atoms with E-state index in [2.05, 4.69) is 5.10 Å². The number of hydrogen-bond acceptors (Lipinski definition) is 3. The molecular weight excluding hydrogens is 278 g/mol. The van der Waals surface area contributed by atoms with Crippen LogP contribution in [0.25, 0.3) is 0 Å². The average Bonchev–Trinajstić information content (AvgIpc) is 3.10. The van der Waals surface area contributed by atoms with Crippen LogP contribution in [0.4, 0.5) is 0 Å². The van der Waals surface area contributed by atoms with Gasteiger partial charge in [0.2, 0.25) is 0 Å². The smallest absolute Gasteiger partial charge is 0.289 e. The Balaban J connectivity index is 1.76. The molecule has 2 aromatic rings. The highest BCUT2D eigenvalue weighted by Gasteiger charge is 2.29. The van der Waals surface area contributed by atoms with E-state index in [1.54, 1.807) is 18.3 Å². The molecule has 2 aromatic heterocycles. The van der Waals surface area contributed by atoms with E-state index in [0.29, 0.717) is 12.3 Å². The lowest BCUT2D eigenvalue weighted by molar-refractivity contribution is 0.0552. The molecule has 106 valence electrons. The van der Waals surface area contributed by atoms with E-state index in [1.807, 2.05) is 21.8 Å². The summed E-state index contributed by atoms with van der Waals surface area (Å²) in [5, 5.41) is 4.46. The van der Waals surface area contributed by atoms with Crippen molar-refractivity contribution in [1.29, 1.82) is 0 Å². The van der Waals surface area contributed by atoms with Crippen LogP contribution >= 0.6 is 11.6 Å². The molecule has 1 saturated heterocycles. The number of nitrogens with zero attached hydrogens (tertiary/aromatic N) is 3. The Morgan fingerprint density at radius 3 is 3.05 bits per heavy atom. The maximum Gasteiger partial charge on any atom is 0.289 e. The number of likely N-dealkylation sites (tertiary alicyclic amines) is 1. The zero-order valence-electron chi connectivity index (χ0n) is 11.0. The normalized spacial score (nSPS) is 19.2. The van der Waals surface area contributed by atoms with Crippen molar-refractivity contribution in [2.45, 2.75) is 31.8 Å². The predicted molar refractivity (Wildman–Crippen MR) is 74.6 cm³/mol. The van der Waals surface area contributed by atoms with Crippen molar-refractivity contribution in [3.8, 4) is 0 Å². The van der Waals surface area contributed by atoms with Crippen LogP contribution in [0.3, 0.4) is 0 Å². The fourth-order valence-corrected chi connectivity index (χ4v) is 2.80. The van der Waals surface area contributed by atoms with Crippen molar-refractivity contribution >= 4 is 17.5 Å². The first kappa shape index (κ1) is 13.2. The molecule has 0 N–H and O–H groups in total. The highest BCUT2D eigenvalue weighted by atomic mass is 35.5. The lowest BCUT2D eigenvalue weighted by Gasteiger charge is -2.35. The van der Waals surface area contributed by atoms with E-state index in [9.17, 15) is 4.79 Å². The minimum Gasteiger partial charge on any atom is -0.440 e. The third kappa shape index (κ3) is 2.72. The van der Waals surface area contributed by atoms with E-state index in [4.69, 9.17) is 16.0 Å². The van der Waals surface area contributed by atoms with Gasteiger partial charge in [-0.25, -0.2) is 0 Å². The topological polar surface area (TPSA) is 51.3 Å². The zero-order chi connectivity index (χ0) is 13.9. The number of rotatable bonds is 3. The summed E-state index contributed by atoms with van der Waals surface area (Å²) in [7, 11) is 0. The van der Waals surface area contributed by atoms with Crippen LogP contribution in [-0.4, -0.2) is 33.2 Å². The third-order valence-electron chi connectivity index (χ3n) is 3.63. The second-order valence-electron chi connectivity index (χ2n) is 4.98. The standard InChI is InChI=1S/C14H16ClN3O2/c15-13-6-5-12(20-13)14(19)18-9-2-1-4-11(18)10-17-8-3-7-16-17/h3,5-8,11H,1-2,4,9-10H2/t11-/m0/s1. The van der Waals surface area contributed by atoms with Gasteiger partial charge in [-0.15, -0.1) is 0 Å². The molecule has 0 radical (unpaired) electrons. The van der Waals surface area contributed by atoms with Crippen LogP contribution in [0.15, 0.2) is 35.0 Å². The summed E-state index contributed by atoms with van der Waals surface area (Å²) in [5.41, 5.74) is 0. The second-order valence-corrected chi connectivity index (χ2v) is 5.35. The molecule has 0 bridgehead atoms. The molecule has 0 aliphatic carbocycles. The first-order valence-electron chi connectivity index (χ1n) is 6.78. The van der Waals surface area contributed by atoms with Crippen molar-refractivity contribution < 1.29 is 9.21 Å². The quantitative estimate of drug-likeness (QED) is 0.874. The van der Waals surface area contributed by atoms with Gasteiger partial charge in [0.15, 0.2) is 11.0 Å². The minimum atomic E-state index is -0.0891. The molecule has 20 heavy (non-hydrogen) atoms. The molecule has 0 aromatic carbocycles. The molecule has 1 atom stereocenters. The third-order valence-corrected chi connectivity index (χ3v) is 3.83. The molecule has 1 aliphatic heterocycles. The molecule has 1 fully saturated rings. The summed E-state index contributed by atoms with van der Waals surface area (Å²) in [6.45, 7) is 1.47. The monoisotopic (exact) mass is 293 g/mol. The van der Waals surface area contributed by atoms with Gasteiger partial charge >= 0.3 is 0 Å². The van der Waals surface area contributed by atoms with E-state index in [1.165, 1.54) is 0 Å². The van der Waals surface area contributed by atoms with Gasteiger partial charge in [-0.3, -0.25) is 9.48 Å². The number of piperidine rings is 1. The van der Waals surface area contributed by atoms with E-state index < -0.39 is 0 Å². The lowest BCUT2D eigenvalue weighted by atomic mass is 10.0. The van der Waals surface area contributed by atoms with Crippen molar-refractivity contribution in [1.82, 2.24) is 14.7 Å². The Morgan fingerprint density at radius 2 is 2.35 bits per heavy atom. The van der Waals surface area contributed by atoms with Gasteiger partial charge in [0.05, 0.1) is 12.6 Å². The van der Waals surface area contributed by atoms with Gasteiger partial charge in [0.25, 0.3) is 5.91 Å². The molecule has 5 nitrogen and oxygen atoms in total. The van der Waals surface area contributed by atoms with Crippen LogP contribution in [-0.2, 0) is 6.54 Å². The number of aromatic nitrogens is 2. The van der Waals surface area contributed by atoms with Crippen LogP contribution in [0.2, 0.25) is 5.22 Å². The SMILES string of the molecule is O=C(c1ccc(Cl)o1)N1CCCC[C@H]1Cn1cccn1. The zero-order valence-corrected chi connectivity index (χ0v) is 11.8. The van der Waals surface area contributed by atoms with Crippen LogP contribution in [0.5, 0.6) is 0 Å². The molecule has 0 spiro atoms. The summed E-state index contributed by atoms with van der Waals surface area (Å²) in [6.07, 6.45) is 6.81. The summed E-state index contributed by atoms with van der Waals surface area (Å²) < 4.78 is 7.10. The number of halogens is 1. The number of amides is 1. The Kier molecular flexibility index (Phi) is 3.78. The molecule has 0 unspecified atom stereocenters. The second kappa shape index (κ2) is 5.71. The number of furan rings is 1. The average molecular weight is 294 g/mol. The Morgan fingerprint density at radius 1 is 1.45 bits per heavy atom. The summed E-state index contributed by atoms with van der Waals surface area (Å²) in [4.78, 5) is 14.4. The maximum atomic E-state index is 12.5. The molecule has 6 heteroatoms. The first-order chi connectivity index (χ1) is 9.74. The fourth-order valence-electron chi connectivity index (χ4n) is 2.65. The van der Waals surface area contributed by atoms with Crippen LogP contribution in [0.1, 0.15) is 29.8 Å². The van der Waals surface area contributed by atoms with Gasteiger partial charge in [-0.2, -0.15) is 5.10 Å². The Hall–Kier alpha value is -1.75. The number of carbonyl (C=O) groups is 1. The lowest BCUT2D eigenvalue weighted by Crippen LogP contribution is -2.45. The minimum absolute atomic E-state index is 0.0891. The van der Waals surface area contributed by atoms with E-state index in [-0.39, 0.29) is 17.2 Å². The fraction of sp³-hybridized carbons (Fsp3) is 0.429. The van der Waals surface area contributed by atoms with Gasteiger partial charge in [0.1, 0.15) is 0 Å². The van der Waals surface area contributed by atoms with Crippen molar-refractivity contribution in [2.24, 2.45) is 0 Å². The molecule has 1 aliphatic rings. The van der Waals surface area contributed by atoms with Crippen molar-refractivity contribution in [3.63, 3.8) is 0 Å². The molecule has 3 heterocycles. The summed E-state index contributed by atoms with van der Waals surface area (Å²) in [6, 6.07) is 5.27. The van der Waals surface area contributed by atoms with Gasteiger partial charge in [-0.1, -0.05) is 0 Å². The van der Waals surface area contributed by atoms with Crippen molar-refractivity contribution in [3.05, 3.63) is 41.6 Å². The summed E-state index contributed by atoms with van der Waals surface area (Å²) >= 11 is 5.74. The summed E-state index contributed by atoms with van der Waals surface area (Å²) in [5.74, 6) is 0.219. The van der Waals surface area contributed by atoms with E-state index >= 15 is 0 Å². The van der Waals surface area contributed by atoms with Crippen LogP contribution in [0, 0.1) is 0 Å². The Bertz CT molecular complexity index is 579. The van der Waals surface area contributed by atoms with Crippen LogP contribution < -0.4 is 0 Å².